The molecule has 6 heteroatoms. The molecule has 2 heterocycles. The lowest BCUT2D eigenvalue weighted by atomic mass is 10.1. The highest BCUT2D eigenvalue weighted by molar-refractivity contribution is 7.09. The smallest absolute Gasteiger partial charge is 0.188 e. The first kappa shape index (κ1) is 15.9. The minimum absolute atomic E-state index is 0.00459. The Balaban J connectivity index is 1.66. The van der Waals surface area contributed by atoms with Gasteiger partial charge in [-0.2, -0.15) is 5.10 Å². The topological polar surface area (TPSA) is 47.8 Å². The Bertz CT molecular complexity index is 807. The van der Waals surface area contributed by atoms with Gasteiger partial charge < -0.3 is 0 Å². The Morgan fingerprint density at radius 1 is 1.26 bits per heavy atom. The molecule has 0 saturated heterocycles. The summed E-state index contributed by atoms with van der Waals surface area (Å²) in [6.45, 7) is 2.82. The largest absolute Gasteiger partial charge is 0.292 e. The fourth-order valence-electron chi connectivity index (χ4n) is 2.23. The van der Waals surface area contributed by atoms with Crippen LogP contribution in [0.3, 0.4) is 0 Å². The number of aryl methyl sites for hydroxylation is 1. The number of hydrogen-bond donors (Lipinski definition) is 0. The zero-order valence-corrected chi connectivity index (χ0v) is 14.3. The molecule has 0 aliphatic carbocycles. The van der Waals surface area contributed by atoms with Crippen molar-refractivity contribution in [2.45, 2.75) is 26.3 Å². The number of aromatic nitrogens is 3. The molecule has 0 fully saturated rings. The number of nitrogens with zero attached hydrogens (tertiary/aromatic N) is 3. The van der Waals surface area contributed by atoms with Gasteiger partial charge in [-0.05, 0) is 30.7 Å². The number of Topliss-reactive ketones (excluding diaryl/α,β-unsaturated/α-hetero) is 1. The number of benzene rings is 1. The molecule has 2 aromatic heterocycles. The van der Waals surface area contributed by atoms with Gasteiger partial charge in [0.2, 0.25) is 0 Å². The van der Waals surface area contributed by atoms with Crippen LogP contribution in [-0.2, 0) is 19.4 Å². The van der Waals surface area contributed by atoms with Crippen molar-refractivity contribution in [3.63, 3.8) is 0 Å². The standard InChI is InChI=1S/C17H16ClN3OS/c1-2-21-8-7-14(20-21)10-16(22)15-11-23-17(19-15)9-12-3-5-13(18)6-4-12/h3-8,11H,2,9-10H2,1H3. The van der Waals surface area contributed by atoms with Gasteiger partial charge in [0.05, 0.1) is 17.1 Å². The van der Waals surface area contributed by atoms with Crippen LogP contribution in [0.4, 0.5) is 0 Å². The van der Waals surface area contributed by atoms with Crippen LogP contribution < -0.4 is 0 Å². The zero-order chi connectivity index (χ0) is 16.2. The predicted octanol–water partition coefficient (Wildman–Crippen LogP) is 4.03. The van der Waals surface area contributed by atoms with Gasteiger partial charge in [0.1, 0.15) is 5.69 Å². The van der Waals surface area contributed by atoms with E-state index in [0.717, 1.165) is 27.8 Å². The van der Waals surface area contributed by atoms with E-state index in [2.05, 4.69) is 10.1 Å². The van der Waals surface area contributed by atoms with E-state index < -0.39 is 0 Å². The van der Waals surface area contributed by atoms with Crippen LogP contribution in [0.15, 0.2) is 41.9 Å². The number of thiazole rings is 1. The second-order valence-corrected chi connectivity index (χ2v) is 6.57. The normalized spacial score (nSPS) is 10.9. The number of ketones is 1. The fourth-order valence-corrected chi connectivity index (χ4v) is 3.19. The van der Waals surface area contributed by atoms with Crippen LogP contribution in [0.5, 0.6) is 0 Å². The first-order chi connectivity index (χ1) is 11.1. The molecule has 0 saturated carbocycles. The van der Waals surface area contributed by atoms with Gasteiger partial charge in [0, 0.05) is 29.6 Å². The van der Waals surface area contributed by atoms with Gasteiger partial charge in [0.15, 0.2) is 5.78 Å². The monoisotopic (exact) mass is 345 g/mol. The van der Waals surface area contributed by atoms with Gasteiger partial charge in [0.25, 0.3) is 0 Å². The Morgan fingerprint density at radius 2 is 2.04 bits per heavy atom. The Labute approximate surface area is 143 Å². The average Bonchev–Trinajstić information content (AvgIpc) is 3.19. The highest BCUT2D eigenvalue weighted by Gasteiger charge is 2.13. The summed E-state index contributed by atoms with van der Waals surface area (Å²) in [4.78, 5) is 16.8. The van der Waals surface area contributed by atoms with E-state index >= 15 is 0 Å². The second kappa shape index (κ2) is 7.06. The summed E-state index contributed by atoms with van der Waals surface area (Å²) < 4.78 is 1.82. The van der Waals surface area contributed by atoms with E-state index in [9.17, 15) is 4.79 Å². The SMILES string of the molecule is CCn1ccc(CC(=O)c2csc(Cc3ccc(Cl)cc3)n2)n1. The quantitative estimate of drug-likeness (QED) is 0.634. The molecule has 1 aromatic carbocycles. The summed E-state index contributed by atoms with van der Waals surface area (Å²) in [7, 11) is 0. The summed E-state index contributed by atoms with van der Waals surface area (Å²) in [5, 5.41) is 7.80. The Morgan fingerprint density at radius 3 is 2.74 bits per heavy atom. The maximum absolute atomic E-state index is 12.3. The third kappa shape index (κ3) is 4.06. The van der Waals surface area contributed by atoms with Crippen molar-refractivity contribution in [1.29, 1.82) is 0 Å². The molecule has 0 radical (unpaired) electrons. The first-order valence-corrected chi connectivity index (χ1v) is 8.64. The molecule has 0 bridgehead atoms. The lowest BCUT2D eigenvalue weighted by molar-refractivity contribution is 0.0987. The van der Waals surface area contributed by atoms with Gasteiger partial charge in [-0.25, -0.2) is 4.98 Å². The predicted molar refractivity (Wildman–Crippen MR) is 92.3 cm³/mol. The first-order valence-electron chi connectivity index (χ1n) is 7.38. The van der Waals surface area contributed by atoms with Crippen molar-refractivity contribution in [3.05, 3.63) is 68.9 Å². The van der Waals surface area contributed by atoms with Gasteiger partial charge >= 0.3 is 0 Å². The van der Waals surface area contributed by atoms with Crippen LogP contribution in [0, 0.1) is 0 Å². The summed E-state index contributed by atoms with van der Waals surface area (Å²) in [5.41, 5.74) is 2.43. The van der Waals surface area contributed by atoms with Crippen molar-refractivity contribution in [2.24, 2.45) is 0 Å². The molecular weight excluding hydrogens is 330 g/mol. The number of carbonyl (C=O) groups excluding carboxylic acids is 1. The van der Waals surface area contributed by atoms with Crippen molar-refractivity contribution >= 4 is 28.7 Å². The van der Waals surface area contributed by atoms with E-state index in [1.165, 1.54) is 11.3 Å². The lowest BCUT2D eigenvalue weighted by Gasteiger charge is -1.98. The van der Waals surface area contributed by atoms with Crippen LogP contribution in [0.1, 0.15) is 33.7 Å². The van der Waals surface area contributed by atoms with Crippen molar-refractivity contribution in [2.75, 3.05) is 0 Å². The minimum Gasteiger partial charge on any atom is -0.292 e. The molecule has 0 spiro atoms. The molecule has 0 atom stereocenters. The van der Waals surface area contributed by atoms with Gasteiger partial charge in [-0.1, -0.05) is 23.7 Å². The molecule has 118 valence electrons. The zero-order valence-electron chi connectivity index (χ0n) is 12.7. The maximum Gasteiger partial charge on any atom is 0.188 e. The second-order valence-electron chi connectivity index (χ2n) is 5.19. The lowest BCUT2D eigenvalue weighted by Crippen LogP contribution is -2.06. The van der Waals surface area contributed by atoms with E-state index in [1.807, 2.05) is 53.5 Å². The molecule has 3 rings (SSSR count). The van der Waals surface area contributed by atoms with Crippen molar-refractivity contribution in [1.82, 2.24) is 14.8 Å². The van der Waals surface area contributed by atoms with Gasteiger partial charge in [-0.3, -0.25) is 9.48 Å². The van der Waals surface area contributed by atoms with Crippen molar-refractivity contribution < 1.29 is 4.79 Å². The third-order valence-electron chi connectivity index (χ3n) is 3.47. The van der Waals surface area contributed by atoms with E-state index in [1.54, 1.807) is 0 Å². The number of rotatable bonds is 6. The third-order valence-corrected chi connectivity index (χ3v) is 4.57. The molecular formula is C17H16ClN3OS. The molecule has 0 amide bonds. The summed E-state index contributed by atoms with van der Waals surface area (Å²) >= 11 is 7.39. The molecule has 0 aliphatic heterocycles. The van der Waals surface area contributed by atoms with E-state index in [4.69, 9.17) is 11.6 Å². The molecule has 0 unspecified atom stereocenters. The van der Waals surface area contributed by atoms with Gasteiger partial charge in [-0.15, -0.1) is 11.3 Å². The number of hydrogen-bond acceptors (Lipinski definition) is 4. The van der Waals surface area contributed by atoms with E-state index in [-0.39, 0.29) is 12.2 Å². The minimum atomic E-state index is 0.00459. The molecule has 4 nitrogen and oxygen atoms in total. The fraction of sp³-hybridized carbons (Fsp3) is 0.235. The molecule has 0 aliphatic rings. The van der Waals surface area contributed by atoms with Crippen LogP contribution in [0.25, 0.3) is 0 Å². The number of carbonyl (C=O) groups is 1. The highest BCUT2D eigenvalue weighted by Crippen LogP contribution is 2.18. The number of halogens is 1. The van der Waals surface area contributed by atoms with E-state index in [0.29, 0.717) is 12.1 Å². The molecule has 0 N–H and O–H groups in total. The van der Waals surface area contributed by atoms with Crippen LogP contribution in [-0.4, -0.2) is 20.5 Å². The molecule has 23 heavy (non-hydrogen) atoms. The summed E-state index contributed by atoms with van der Waals surface area (Å²) in [6.07, 6.45) is 2.88. The Kier molecular flexibility index (Phi) is 4.88. The van der Waals surface area contributed by atoms with Crippen molar-refractivity contribution in [3.8, 4) is 0 Å². The highest BCUT2D eigenvalue weighted by atomic mass is 35.5. The van der Waals surface area contributed by atoms with Crippen LogP contribution in [0.2, 0.25) is 5.02 Å². The maximum atomic E-state index is 12.3. The summed E-state index contributed by atoms with van der Waals surface area (Å²) in [6, 6.07) is 9.55. The molecule has 3 aromatic rings. The average molecular weight is 346 g/mol. The summed E-state index contributed by atoms with van der Waals surface area (Å²) in [5.74, 6) is 0.00459. The Hall–Kier alpha value is -1.98. The van der Waals surface area contributed by atoms with Crippen LogP contribution >= 0.6 is 22.9 Å².